The molecule has 0 aromatic heterocycles. The smallest absolute Gasteiger partial charge is 0.0718 e. The van der Waals surface area contributed by atoms with Crippen molar-refractivity contribution in [3.8, 4) is 11.1 Å². The van der Waals surface area contributed by atoms with E-state index in [2.05, 4.69) is 97.9 Å². The van der Waals surface area contributed by atoms with Crippen molar-refractivity contribution in [3.63, 3.8) is 0 Å². The first-order chi connectivity index (χ1) is 12.7. The first-order valence-corrected chi connectivity index (χ1v) is 9.21. The predicted molar refractivity (Wildman–Crippen MR) is 107 cm³/mol. The molecule has 2 aromatic rings. The van der Waals surface area contributed by atoms with E-state index in [1.54, 1.807) is 0 Å². The highest BCUT2D eigenvalue weighted by molar-refractivity contribution is 5.82. The van der Waals surface area contributed by atoms with Gasteiger partial charge in [0.25, 0.3) is 0 Å². The van der Waals surface area contributed by atoms with Gasteiger partial charge in [0, 0.05) is 12.0 Å². The third-order valence-electron chi connectivity index (χ3n) is 5.17. The monoisotopic (exact) mass is 343 g/mol. The second kappa shape index (κ2) is 7.45. The summed E-state index contributed by atoms with van der Waals surface area (Å²) in [6, 6.07) is 28.4. The molecule has 0 saturated heterocycles. The molecule has 2 aliphatic carbocycles. The minimum Gasteiger partial charge on any atom is -0.375 e. The van der Waals surface area contributed by atoms with Gasteiger partial charge in [-0.2, -0.15) is 0 Å². The molecule has 0 amide bonds. The molecular formula is C24H25NO. The van der Waals surface area contributed by atoms with E-state index in [4.69, 9.17) is 4.74 Å². The second-order valence-corrected chi connectivity index (χ2v) is 7.26. The number of ether oxygens (including phenoxy) is 1. The molecule has 1 unspecified atom stereocenters. The van der Waals surface area contributed by atoms with Crippen LogP contribution in [0.1, 0.15) is 22.6 Å². The molecule has 0 aliphatic heterocycles. The summed E-state index contributed by atoms with van der Waals surface area (Å²) in [5.41, 5.74) is 6.69. The second-order valence-electron chi connectivity index (χ2n) is 7.26. The zero-order valence-electron chi connectivity index (χ0n) is 15.4. The quantitative estimate of drug-likeness (QED) is 0.449. The highest BCUT2D eigenvalue weighted by atomic mass is 16.5. The molecule has 0 spiro atoms. The summed E-state index contributed by atoms with van der Waals surface area (Å²) in [6.45, 7) is 1.38. The first-order valence-electron chi connectivity index (χ1n) is 9.21. The Balaban J connectivity index is 1.54. The van der Waals surface area contributed by atoms with Gasteiger partial charge in [-0.15, -0.1) is 0 Å². The topological polar surface area (TPSA) is 12.5 Å². The molecule has 0 radical (unpaired) electrons. The van der Waals surface area contributed by atoms with E-state index in [0.29, 0.717) is 13.2 Å². The van der Waals surface area contributed by atoms with Gasteiger partial charge in [0.05, 0.1) is 13.2 Å². The number of likely N-dealkylation sites (N-methyl/N-ethyl adjacent to an activating group) is 1. The van der Waals surface area contributed by atoms with Gasteiger partial charge in [-0.3, -0.25) is 0 Å². The molecule has 4 rings (SSSR count). The van der Waals surface area contributed by atoms with Crippen molar-refractivity contribution in [2.45, 2.75) is 18.6 Å². The van der Waals surface area contributed by atoms with Crippen molar-refractivity contribution in [1.29, 1.82) is 0 Å². The average molecular weight is 343 g/mol. The van der Waals surface area contributed by atoms with Crippen LogP contribution in [-0.2, 0) is 11.3 Å². The van der Waals surface area contributed by atoms with Crippen LogP contribution in [0.15, 0.2) is 78.9 Å². The van der Waals surface area contributed by atoms with E-state index in [1.807, 2.05) is 0 Å². The molecule has 2 aliphatic rings. The highest BCUT2D eigenvalue weighted by Gasteiger charge is 2.27. The summed E-state index contributed by atoms with van der Waals surface area (Å²) in [7, 11) is 4.29. The molecule has 0 heterocycles. The first kappa shape index (κ1) is 17.0. The molecule has 1 atom stereocenters. The normalized spacial score (nSPS) is 13.2. The summed E-state index contributed by atoms with van der Waals surface area (Å²) in [4.78, 5) is 2.28. The molecule has 0 bridgehead atoms. The van der Waals surface area contributed by atoms with Gasteiger partial charge in [0.1, 0.15) is 0 Å². The van der Waals surface area contributed by atoms with Crippen LogP contribution in [-0.4, -0.2) is 31.6 Å². The zero-order chi connectivity index (χ0) is 17.9. The van der Waals surface area contributed by atoms with Crippen molar-refractivity contribution in [3.05, 3.63) is 95.6 Å². The minimum atomic E-state index is 0.267. The van der Waals surface area contributed by atoms with E-state index in [0.717, 1.165) is 0 Å². The van der Waals surface area contributed by atoms with E-state index < -0.39 is 0 Å². The van der Waals surface area contributed by atoms with Crippen LogP contribution in [0.3, 0.4) is 0 Å². The Morgan fingerprint density at radius 2 is 1.31 bits per heavy atom. The van der Waals surface area contributed by atoms with Gasteiger partial charge < -0.3 is 9.64 Å². The van der Waals surface area contributed by atoms with Crippen molar-refractivity contribution in [1.82, 2.24) is 4.90 Å². The summed E-state index contributed by atoms with van der Waals surface area (Å²) >= 11 is 0. The summed E-state index contributed by atoms with van der Waals surface area (Å²) in [6.07, 6.45) is 0. The van der Waals surface area contributed by atoms with Crippen molar-refractivity contribution >= 4 is 0 Å². The van der Waals surface area contributed by atoms with Crippen LogP contribution < -0.4 is 0 Å². The van der Waals surface area contributed by atoms with Crippen molar-refractivity contribution < 1.29 is 4.74 Å². The molecule has 0 saturated carbocycles. The Morgan fingerprint density at radius 1 is 0.769 bits per heavy atom. The van der Waals surface area contributed by atoms with Gasteiger partial charge >= 0.3 is 0 Å². The lowest BCUT2D eigenvalue weighted by molar-refractivity contribution is 0.0626. The number of hydrogen-bond donors (Lipinski definition) is 0. The SMILES string of the molecule is CN(C)C(COCc1cc2cc-2c1)C(c1ccccc1)c1ccccc1. The lowest BCUT2D eigenvalue weighted by Crippen LogP contribution is -2.38. The molecular weight excluding hydrogens is 318 g/mol. The molecule has 2 nitrogen and oxygen atoms in total. The fraction of sp³-hybridized carbons (Fsp3) is 0.250. The summed E-state index contributed by atoms with van der Waals surface area (Å²) in [5, 5.41) is 0. The lowest BCUT2D eigenvalue weighted by atomic mass is 9.85. The highest BCUT2D eigenvalue weighted by Crippen LogP contribution is 2.36. The van der Waals surface area contributed by atoms with Crippen LogP contribution in [0.5, 0.6) is 0 Å². The van der Waals surface area contributed by atoms with Crippen molar-refractivity contribution in [2.75, 3.05) is 20.7 Å². The molecule has 26 heavy (non-hydrogen) atoms. The van der Waals surface area contributed by atoms with E-state index in [9.17, 15) is 0 Å². The summed E-state index contributed by atoms with van der Waals surface area (Å²) < 4.78 is 6.15. The zero-order valence-corrected chi connectivity index (χ0v) is 15.4. The van der Waals surface area contributed by atoms with E-state index in [-0.39, 0.29) is 12.0 Å². The van der Waals surface area contributed by atoms with Gasteiger partial charge in [-0.05, 0) is 60.1 Å². The third-order valence-corrected chi connectivity index (χ3v) is 5.17. The standard InChI is InChI=1S/C24H25NO/c1-25(2)23(17-26-16-18-13-21-15-22(21)14-18)24(19-9-5-3-6-10-19)20-11-7-4-8-12-20/h3-15,23-24H,16-17H2,1-2H3. The molecule has 2 aromatic carbocycles. The Morgan fingerprint density at radius 3 is 1.81 bits per heavy atom. The number of fused-ring (bicyclic) bond motifs is 1. The summed E-state index contributed by atoms with van der Waals surface area (Å²) in [5.74, 6) is 0.277. The van der Waals surface area contributed by atoms with Gasteiger partial charge in [-0.1, -0.05) is 60.7 Å². The van der Waals surface area contributed by atoms with Gasteiger partial charge in [0.2, 0.25) is 0 Å². The van der Waals surface area contributed by atoms with Crippen LogP contribution >= 0.6 is 0 Å². The predicted octanol–water partition coefficient (Wildman–Crippen LogP) is 4.95. The Bertz CT molecular complexity index is 798. The number of nitrogens with zero attached hydrogens (tertiary/aromatic N) is 1. The minimum absolute atomic E-state index is 0.267. The number of benzene rings is 3. The fourth-order valence-electron chi connectivity index (χ4n) is 3.70. The maximum atomic E-state index is 6.15. The molecule has 2 heteroatoms. The van der Waals surface area contributed by atoms with Crippen LogP contribution in [0.4, 0.5) is 0 Å². The molecule has 132 valence electrons. The maximum Gasteiger partial charge on any atom is 0.0718 e. The largest absolute Gasteiger partial charge is 0.375 e. The maximum absolute atomic E-state index is 6.15. The van der Waals surface area contributed by atoms with E-state index >= 15 is 0 Å². The Kier molecular flexibility index (Phi) is 4.87. The van der Waals surface area contributed by atoms with Crippen molar-refractivity contribution in [2.24, 2.45) is 0 Å². The Hall–Kier alpha value is -2.42. The van der Waals surface area contributed by atoms with Crippen LogP contribution in [0.2, 0.25) is 0 Å². The number of hydrogen-bond acceptors (Lipinski definition) is 2. The van der Waals surface area contributed by atoms with Gasteiger partial charge in [-0.25, -0.2) is 0 Å². The number of rotatable bonds is 8. The molecule has 0 fully saturated rings. The Labute approximate surface area is 156 Å². The van der Waals surface area contributed by atoms with Crippen LogP contribution in [0, 0.1) is 0 Å². The average Bonchev–Trinajstić information content (AvgIpc) is 3.28. The third kappa shape index (κ3) is 3.72. The van der Waals surface area contributed by atoms with Gasteiger partial charge in [0.15, 0.2) is 0 Å². The van der Waals surface area contributed by atoms with Crippen LogP contribution in [0.25, 0.3) is 11.1 Å². The molecule has 0 N–H and O–H groups in total. The fourth-order valence-corrected chi connectivity index (χ4v) is 3.70. The lowest BCUT2D eigenvalue weighted by Gasteiger charge is -2.33. The van der Waals surface area contributed by atoms with E-state index in [1.165, 1.54) is 27.8 Å².